The molecule has 4 aromatic carbocycles. The molecule has 5 nitrogen and oxygen atoms in total. The molecular weight excluding hydrogens is 424 g/mol. The quantitative estimate of drug-likeness (QED) is 0.268. The number of fused-ring (bicyclic) bond motifs is 1. The number of hydrogen-bond donors (Lipinski definition) is 1. The fourth-order valence-electron chi connectivity index (χ4n) is 3.57. The number of anilines is 1. The van der Waals surface area contributed by atoms with Gasteiger partial charge in [-0.15, -0.1) is 0 Å². The van der Waals surface area contributed by atoms with Crippen LogP contribution in [0.1, 0.15) is 16.7 Å². The summed E-state index contributed by atoms with van der Waals surface area (Å²) in [5, 5.41) is 14.8. The first kappa shape index (κ1) is 22.6. The Labute approximate surface area is 198 Å². The molecule has 0 fully saturated rings. The number of aryl methyl sites for hydroxylation is 1. The Kier molecular flexibility index (Phi) is 6.90. The molecule has 168 valence electrons. The van der Waals surface area contributed by atoms with E-state index in [0.717, 1.165) is 27.5 Å². The third kappa shape index (κ3) is 5.43. The fourth-order valence-corrected chi connectivity index (χ4v) is 3.57. The average Bonchev–Trinajstić information content (AvgIpc) is 2.87. The van der Waals surface area contributed by atoms with Gasteiger partial charge in [0.2, 0.25) is 0 Å². The molecule has 0 aromatic heterocycles. The van der Waals surface area contributed by atoms with E-state index in [0.29, 0.717) is 22.8 Å². The van der Waals surface area contributed by atoms with E-state index >= 15 is 0 Å². The third-order valence-electron chi connectivity index (χ3n) is 5.37. The molecule has 34 heavy (non-hydrogen) atoms. The number of hydrogen-bond acceptors (Lipinski definition) is 4. The molecule has 1 N–H and O–H groups in total. The Morgan fingerprint density at radius 2 is 1.71 bits per heavy atom. The van der Waals surface area contributed by atoms with Crippen LogP contribution in [0.5, 0.6) is 11.5 Å². The normalized spacial score (nSPS) is 11.0. The number of ether oxygens (including phenoxy) is 2. The topological polar surface area (TPSA) is 71.3 Å². The van der Waals surface area contributed by atoms with Crippen molar-refractivity contribution in [1.82, 2.24) is 0 Å². The van der Waals surface area contributed by atoms with Gasteiger partial charge in [0.25, 0.3) is 5.91 Å². The van der Waals surface area contributed by atoms with E-state index in [9.17, 15) is 10.1 Å². The molecule has 0 aliphatic rings. The van der Waals surface area contributed by atoms with Crippen LogP contribution in [-0.2, 0) is 4.79 Å². The molecule has 0 saturated carbocycles. The standard InChI is InChI=1S/C29H24N2O3/c1-20-7-12-26(13-8-20)31-29(32)19-34-27-14-9-21(16-28(27)33-2)15-25(18-30)24-11-10-22-5-3-4-6-23(22)17-24/h3-17H,19H2,1-2H3,(H,31,32)/b25-15-. The Bertz CT molecular complexity index is 1400. The smallest absolute Gasteiger partial charge is 0.262 e. The molecule has 0 bridgehead atoms. The minimum absolute atomic E-state index is 0.153. The Morgan fingerprint density at radius 3 is 2.44 bits per heavy atom. The molecular formula is C29H24N2O3. The van der Waals surface area contributed by atoms with Gasteiger partial charge in [-0.3, -0.25) is 4.79 Å². The van der Waals surface area contributed by atoms with Crippen molar-refractivity contribution in [2.75, 3.05) is 19.0 Å². The van der Waals surface area contributed by atoms with Crippen LogP contribution < -0.4 is 14.8 Å². The van der Waals surface area contributed by atoms with Crippen LogP contribution in [0.15, 0.2) is 84.9 Å². The maximum atomic E-state index is 12.2. The molecule has 4 aromatic rings. The predicted octanol–water partition coefficient (Wildman–Crippen LogP) is 6.24. The summed E-state index contributed by atoms with van der Waals surface area (Å²) in [6.45, 7) is 1.83. The molecule has 0 unspecified atom stereocenters. The molecule has 0 heterocycles. The lowest BCUT2D eigenvalue weighted by molar-refractivity contribution is -0.118. The zero-order chi connectivity index (χ0) is 23.9. The van der Waals surface area contributed by atoms with Crippen molar-refractivity contribution in [3.8, 4) is 17.6 Å². The summed E-state index contributed by atoms with van der Waals surface area (Å²) < 4.78 is 11.1. The number of benzene rings is 4. The predicted molar refractivity (Wildman–Crippen MR) is 136 cm³/mol. The monoisotopic (exact) mass is 448 g/mol. The lowest BCUT2D eigenvalue weighted by Crippen LogP contribution is -2.20. The number of rotatable bonds is 7. The molecule has 5 heteroatoms. The van der Waals surface area contributed by atoms with Crippen molar-refractivity contribution < 1.29 is 14.3 Å². The SMILES string of the molecule is COc1cc(/C=C(/C#N)c2ccc3ccccc3c2)ccc1OCC(=O)Nc1ccc(C)cc1. The Balaban J connectivity index is 1.49. The van der Waals surface area contributed by atoms with Gasteiger partial charge >= 0.3 is 0 Å². The van der Waals surface area contributed by atoms with Gasteiger partial charge in [-0.1, -0.05) is 60.2 Å². The molecule has 0 aliphatic heterocycles. The van der Waals surface area contributed by atoms with Crippen molar-refractivity contribution in [2.45, 2.75) is 6.92 Å². The molecule has 1 amide bonds. The zero-order valence-corrected chi connectivity index (χ0v) is 19.0. The van der Waals surface area contributed by atoms with Crippen LogP contribution in [-0.4, -0.2) is 19.6 Å². The van der Waals surface area contributed by atoms with Crippen LogP contribution in [0.4, 0.5) is 5.69 Å². The van der Waals surface area contributed by atoms with E-state index in [4.69, 9.17) is 9.47 Å². The highest BCUT2D eigenvalue weighted by atomic mass is 16.5. The number of nitrogens with zero attached hydrogens (tertiary/aromatic N) is 1. The fraction of sp³-hybridized carbons (Fsp3) is 0.103. The maximum absolute atomic E-state index is 12.2. The first-order chi connectivity index (χ1) is 16.6. The summed E-state index contributed by atoms with van der Waals surface area (Å²) >= 11 is 0. The van der Waals surface area contributed by atoms with Gasteiger partial charge < -0.3 is 14.8 Å². The van der Waals surface area contributed by atoms with E-state index in [1.807, 2.05) is 79.7 Å². The highest BCUT2D eigenvalue weighted by molar-refractivity contribution is 5.94. The van der Waals surface area contributed by atoms with E-state index in [1.54, 1.807) is 18.2 Å². The summed E-state index contributed by atoms with van der Waals surface area (Å²) in [6, 6.07) is 29.2. The van der Waals surface area contributed by atoms with Crippen LogP contribution in [0, 0.1) is 18.3 Å². The second-order valence-electron chi connectivity index (χ2n) is 7.84. The molecule has 0 atom stereocenters. The summed E-state index contributed by atoms with van der Waals surface area (Å²) in [7, 11) is 1.54. The number of carbonyl (C=O) groups excluding carboxylic acids is 1. The summed E-state index contributed by atoms with van der Waals surface area (Å²) in [6.07, 6.45) is 1.81. The second-order valence-corrected chi connectivity index (χ2v) is 7.84. The van der Waals surface area contributed by atoms with Gasteiger partial charge in [0, 0.05) is 5.69 Å². The van der Waals surface area contributed by atoms with E-state index in [-0.39, 0.29) is 12.5 Å². The van der Waals surface area contributed by atoms with Gasteiger partial charge in [0.1, 0.15) is 0 Å². The second kappa shape index (κ2) is 10.4. The Hall–Kier alpha value is -4.56. The molecule has 0 saturated heterocycles. The molecule has 0 radical (unpaired) electrons. The average molecular weight is 449 g/mol. The largest absolute Gasteiger partial charge is 0.493 e. The number of carbonyl (C=O) groups is 1. The minimum atomic E-state index is -0.266. The summed E-state index contributed by atoms with van der Waals surface area (Å²) in [4.78, 5) is 12.2. The summed E-state index contributed by atoms with van der Waals surface area (Å²) in [5.74, 6) is 0.661. The van der Waals surface area contributed by atoms with E-state index < -0.39 is 0 Å². The van der Waals surface area contributed by atoms with Gasteiger partial charge in [-0.05, 0) is 65.2 Å². The van der Waals surface area contributed by atoms with Crippen molar-refractivity contribution in [1.29, 1.82) is 5.26 Å². The minimum Gasteiger partial charge on any atom is -0.493 e. The van der Waals surface area contributed by atoms with Crippen LogP contribution in [0.3, 0.4) is 0 Å². The molecule has 0 spiro atoms. The van der Waals surface area contributed by atoms with Gasteiger partial charge in [0.05, 0.1) is 18.8 Å². The molecule has 0 aliphatic carbocycles. The number of amides is 1. The van der Waals surface area contributed by atoms with Gasteiger partial charge in [0.15, 0.2) is 18.1 Å². The lowest BCUT2D eigenvalue weighted by Gasteiger charge is -2.12. The van der Waals surface area contributed by atoms with Crippen LogP contribution >= 0.6 is 0 Å². The highest BCUT2D eigenvalue weighted by Gasteiger charge is 2.10. The van der Waals surface area contributed by atoms with E-state index in [2.05, 4.69) is 11.4 Å². The van der Waals surface area contributed by atoms with Crippen molar-refractivity contribution in [3.63, 3.8) is 0 Å². The maximum Gasteiger partial charge on any atom is 0.262 e. The van der Waals surface area contributed by atoms with Crippen molar-refractivity contribution >= 4 is 34.0 Å². The number of nitriles is 1. The van der Waals surface area contributed by atoms with Gasteiger partial charge in [-0.25, -0.2) is 0 Å². The van der Waals surface area contributed by atoms with Crippen LogP contribution in [0.2, 0.25) is 0 Å². The highest BCUT2D eigenvalue weighted by Crippen LogP contribution is 2.30. The lowest BCUT2D eigenvalue weighted by atomic mass is 10.00. The van der Waals surface area contributed by atoms with Crippen molar-refractivity contribution in [3.05, 3.63) is 102 Å². The Morgan fingerprint density at radius 1 is 0.941 bits per heavy atom. The van der Waals surface area contributed by atoms with E-state index in [1.165, 1.54) is 7.11 Å². The van der Waals surface area contributed by atoms with Crippen LogP contribution in [0.25, 0.3) is 22.4 Å². The zero-order valence-electron chi connectivity index (χ0n) is 19.0. The first-order valence-corrected chi connectivity index (χ1v) is 10.8. The van der Waals surface area contributed by atoms with Gasteiger partial charge in [-0.2, -0.15) is 5.26 Å². The summed E-state index contributed by atoms with van der Waals surface area (Å²) in [5.41, 5.74) is 4.00. The third-order valence-corrected chi connectivity index (χ3v) is 5.37. The number of methoxy groups -OCH3 is 1. The first-order valence-electron chi connectivity index (χ1n) is 10.8. The number of nitrogens with one attached hydrogen (secondary N) is 1. The molecule has 4 rings (SSSR count). The van der Waals surface area contributed by atoms with Crippen molar-refractivity contribution in [2.24, 2.45) is 0 Å². The number of allylic oxidation sites excluding steroid dienone is 1.